The van der Waals surface area contributed by atoms with Crippen LogP contribution in [0.3, 0.4) is 0 Å². The van der Waals surface area contributed by atoms with E-state index in [4.69, 9.17) is 0 Å². The Hall–Kier alpha value is -2.91. The van der Waals surface area contributed by atoms with Crippen LogP contribution in [-0.4, -0.2) is 37.0 Å². The molecule has 0 spiro atoms. The fraction of sp³-hybridized carbons (Fsp3) is 0.208. The molecule has 0 atom stereocenters. The highest BCUT2D eigenvalue weighted by Crippen LogP contribution is 2.41. The summed E-state index contributed by atoms with van der Waals surface area (Å²) in [6.45, 7) is 3.58. The second kappa shape index (κ2) is 6.67. The lowest BCUT2D eigenvalue weighted by molar-refractivity contribution is -0.928. The van der Waals surface area contributed by atoms with Gasteiger partial charge in [-0.25, -0.2) is 0 Å². The molecule has 1 saturated heterocycles. The van der Waals surface area contributed by atoms with Crippen molar-refractivity contribution < 1.29 is 9.69 Å². The van der Waals surface area contributed by atoms with Gasteiger partial charge in [-0.15, -0.1) is 0 Å². The highest BCUT2D eigenvalue weighted by Gasteiger charge is 2.38. The summed E-state index contributed by atoms with van der Waals surface area (Å²) in [5, 5.41) is 0. The molecule has 1 amide bonds. The van der Waals surface area contributed by atoms with Gasteiger partial charge in [0.15, 0.2) is 0 Å². The summed E-state index contributed by atoms with van der Waals surface area (Å²) in [5.74, 6) is 0.155. The van der Waals surface area contributed by atoms with E-state index in [2.05, 4.69) is 48.5 Å². The van der Waals surface area contributed by atoms with Crippen LogP contribution in [-0.2, 0) is 0 Å². The Balaban J connectivity index is 1.38. The Morgan fingerprint density at radius 1 is 0.741 bits per heavy atom. The van der Waals surface area contributed by atoms with Crippen LogP contribution >= 0.6 is 0 Å². The van der Waals surface area contributed by atoms with Gasteiger partial charge >= 0.3 is 0 Å². The summed E-state index contributed by atoms with van der Waals surface area (Å²) in [5.41, 5.74) is 6.38. The first-order chi connectivity index (χ1) is 13.3. The number of amides is 1. The Kier molecular flexibility index (Phi) is 4.02. The predicted molar refractivity (Wildman–Crippen MR) is 107 cm³/mol. The normalized spacial score (nSPS) is 16.8. The van der Waals surface area contributed by atoms with Crippen molar-refractivity contribution in [3.63, 3.8) is 0 Å². The molecule has 0 radical (unpaired) electrons. The molecule has 1 N–H and O–H groups in total. The van der Waals surface area contributed by atoms with Gasteiger partial charge in [0.2, 0.25) is 0 Å². The fourth-order valence-corrected chi connectivity index (χ4v) is 4.64. The first-order valence-electron chi connectivity index (χ1n) is 9.70. The minimum absolute atomic E-state index is 0.155. The van der Waals surface area contributed by atoms with E-state index in [1.165, 1.54) is 22.3 Å². The third-order valence-electron chi connectivity index (χ3n) is 5.96. The molecule has 27 heavy (non-hydrogen) atoms. The second-order valence-electron chi connectivity index (χ2n) is 7.42. The zero-order valence-corrected chi connectivity index (χ0v) is 15.3. The fourth-order valence-electron chi connectivity index (χ4n) is 4.64. The van der Waals surface area contributed by atoms with Crippen molar-refractivity contribution in [1.29, 1.82) is 0 Å². The molecule has 3 aromatic rings. The van der Waals surface area contributed by atoms with Gasteiger partial charge in [0, 0.05) is 16.7 Å². The molecule has 3 heteroatoms. The molecule has 5 rings (SSSR count). The monoisotopic (exact) mass is 355 g/mol. The van der Waals surface area contributed by atoms with Crippen molar-refractivity contribution in [2.45, 2.75) is 6.04 Å². The molecule has 0 aromatic heterocycles. The van der Waals surface area contributed by atoms with E-state index in [1.807, 2.05) is 35.2 Å². The highest BCUT2D eigenvalue weighted by molar-refractivity contribution is 5.94. The summed E-state index contributed by atoms with van der Waals surface area (Å²) in [6, 6.07) is 27.6. The van der Waals surface area contributed by atoms with E-state index in [1.54, 1.807) is 4.90 Å². The van der Waals surface area contributed by atoms with E-state index in [0.717, 1.165) is 31.7 Å². The summed E-state index contributed by atoms with van der Waals surface area (Å²) < 4.78 is 0. The number of benzene rings is 3. The Labute approximate surface area is 159 Å². The van der Waals surface area contributed by atoms with E-state index in [-0.39, 0.29) is 5.91 Å². The molecule has 0 bridgehead atoms. The average molecular weight is 355 g/mol. The van der Waals surface area contributed by atoms with Crippen molar-refractivity contribution >= 4 is 5.91 Å². The zero-order chi connectivity index (χ0) is 18.2. The van der Waals surface area contributed by atoms with Crippen molar-refractivity contribution in [1.82, 2.24) is 4.90 Å². The predicted octanol–water partition coefficient (Wildman–Crippen LogP) is 2.80. The van der Waals surface area contributed by atoms with Gasteiger partial charge in [-0.05, 0) is 23.3 Å². The van der Waals surface area contributed by atoms with Crippen LogP contribution in [0.1, 0.15) is 27.5 Å². The van der Waals surface area contributed by atoms with Gasteiger partial charge < -0.3 is 9.80 Å². The van der Waals surface area contributed by atoms with Crippen molar-refractivity contribution in [3.8, 4) is 11.1 Å². The summed E-state index contributed by atoms with van der Waals surface area (Å²) in [4.78, 5) is 16.3. The van der Waals surface area contributed by atoms with Crippen LogP contribution in [0.25, 0.3) is 11.1 Å². The van der Waals surface area contributed by atoms with Gasteiger partial charge in [-0.2, -0.15) is 0 Å². The molecule has 2 aliphatic rings. The van der Waals surface area contributed by atoms with E-state index in [0.29, 0.717) is 6.04 Å². The quantitative estimate of drug-likeness (QED) is 0.751. The van der Waals surface area contributed by atoms with E-state index >= 15 is 0 Å². The molecule has 1 fully saturated rings. The Morgan fingerprint density at radius 2 is 1.26 bits per heavy atom. The highest BCUT2D eigenvalue weighted by atomic mass is 16.2. The van der Waals surface area contributed by atoms with Crippen molar-refractivity contribution in [2.75, 3.05) is 26.2 Å². The first-order valence-corrected chi connectivity index (χ1v) is 9.70. The number of rotatable bonds is 2. The van der Waals surface area contributed by atoms with Crippen LogP contribution < -0.4 is 4.90 Å². The lowest BCUT2D eigenvalue weighted by Gasteiger charge is -2.36. The number of hydrogen-bond acceptors (Lipinski definition) is 1. The van der Waals surface area contributed by atoms with Crippen LogP contribution in [0, 0.1) is 0 Å². The molecule has 3 nitrogen and oxygen atoms in total. The number of nitrogens with zero attached hydrogens (tertiary/aromatic N) is 1. The minimum atomic E-state index is 0.155. The number of hydrogen-bond donors (Lipinski definition) is 1. The number of nitrogens with one attached hydrogen (secondary N) is 1. The standard InChI is InChI=1S/C24H22N2O/c27-24(18-8-2-1-3-9-18)26-16-14-25(15-17-26)23-21-12-6-4-10-19(21)20-11-5-7-13-22(20)23/h1-13,23H,14-17H2/p+1. The lowest BCUT2D eigenvalue weighted by Crippen LogP contribution is -3.15. The third kappa shape index (κ3) is 2.75. The molecule has 1 heterocycles. The minimum Gasteiger partial charge on any atom is -0.327 e. The Bertz CT molecular complexity index is 929. The first kappa shape index (κ1) is 16.3. The number of carbonyl (C=O) groups is 1. The maximum atomic E-state index is 12.7. The van der Waals surface area contributed by atoms with Crippen LogP contribution in [0.4, 0.5) is 0 Å². The van der Waals surface area contributed by atoms with Gasteiger partial charge in [0.1, 0.15) is 6.04 Å². The molecule has 0 saturated carbocycles. The molecule has 134 valence electrons. The van der Waals surface area contributed by atoms with Gasteiger partial charge in [0.05, 0.1) is 26.2 Å². The molecule has 1 aliphatic heterocycles. The number of carbonyl (C=O) groups excluding carboxylic acids is 1. The third-order valence-corrected chi connectivity index (χ3v) is 5.96. The largest absolute Gasteiger partial charge is 0.327 e. The van der Waals surface area contributed by atoms with E-state index < -0.39 is 0 Å². The number of piperazine rings is 1. The zero-order valence-electron chi connectivity index (χ0n) is 15.3. The molecular weight excluding hydrogens is 332 g/mol. The van der Waals surface area contributed by atoms with Gasteiger partial charge in [-0.1, -0.05) is 66.7 Å². The van der Waals surface area contributed by atoms with Gasteiger partial charge in [-0.3, -0.25) is 4.79 Å². The van der Waals surface area contributed by atoms with Crippen LogP contribution in [0.5, 0.6) is 0 Å². The molecular formula is C24H23N2O+. The van der Waals surface area contributed by atoms with Gasteiger partial charge in [0.25, 0.3) is 5.91 Å². The lowest BCUT2D eigenvalue weighted by atomic mass is 10.0. The SMILES string of the molecule is O=C(c1ccccc1)N1CC[NH+](C2c3ccccc3-c3ccccc32)CC1. The summed E-state index contributed by atoms with van der Waals surface area (Å²) in [6.07, 6.45) is 0. The number of quaternary nitrogens is 1. The van der Waals surface area contributed by atoms with Crippen molar-refractivity contribution in [2.24, 2.45) is 0 Å². The second-order valence-corrected chi connectivity index (χ2v) is 7.42. The maximum absolute atomic E-state index is 12.7. The van der Waals surface area contributed by atoms with Crippen molar-refractivity contribution in [3.05, 3.63) is 95.6 Å². The smallest absolute Gasteiger partial charge is 0.254 e. The van der Waals surface area contributed by atoms with Crippen LogP contribution in [0.15, 0.2) is 78.9 Å². The average Bonchev–Trinajstić information content (AvgIpc) is 3.08. The maximum Gasteiger partial charge on any atom is 0.254 e. The van der Waals surface area contributed by atoms with Crippen LogP contribution in [0.2, 0.25) is 0 Å². The topological polar surface area (TPSA) is 24.8 Å². The molecule has 1 aliphatic carbocycles. The molecule has 0 unspecified atom stereocenters. The molecule has 3 aromatic carbocycles. The summed E-state index contributed by atoms with van der Waals surface area (Å²) in [7, 11) is 0. The van der Waals surface area contributed by atoms with E-state index in [9.17, 15) is 4.79 Å². The number of fused-ring (bicyclic) bond motifs is 3. The summed E-state index contributed by atoms with van der Waals surface area (Å²) >= 11 is 0. The Morgan fingerprint density at radius 3 is 1.85 bits per heavy atom.